The molecule has 1 heterocycles. The Balaban J connectivity index is 1.30. The van der Waals surface area contributed by atoms with Crippen molar-refractivity contribution in [2.24, 2.45) is 0 Å². The molecule has 0 atom stereocenters. The first-order valence-corrected chi connectivity index (χ1v) is 19.4. The van der Waals surface area contributed by atoms with E-state index >= 15 is 0 Å². The van der Waals surface area contributed by atoms with Gasteiger partial charge in [-0.25, -0.2) is 0 Å². The van der Waals surface area contributed by atoms with Crippen molar-refractivity contribution in [3.8, 4) is 44.5 Å². The molecular weight excluding hydrogens is 581 g/mol. The molecule has 0 saturated carbocycles. The van der Waals surface area contributed by atoms with Crippen LogP contribution in [0.1, 0.15) is 16.7 Å². The summed E-state index contributed by atoms with van der Waals surface area (Å²) >= 11 is 0. The highest BCUT2D eigenvalue weighted by molar-refractivity contribution is 7.08. The van der Waals surface area contributed by atoms with Crippen LogP contribution in [0.3, 0.4) is 0 Å². The topological polar surface area (TPSA) is 0 Å². The van der Waals surface area contributed by atoms with Gasteiger partial charge in [0.1, 0.15) is 8.07 Å². The SMILES string of the molecule is C[Si]1(C)C(c2ccccc2)=C(c2ccccc2)c2cccc(-c3cccc(-c4cc(-c5ccccc5)cc(-c5ccccc5)c4)c3)c21. The minimum absolute atomic E-state index is 1.23. The molecule has 8 rings (SSSR count). The molecule has 0 fully saturated rings. The Labute approximate surface area is 279 Å². The van der Waals surface area contributed by atoms with Crippen molar-refractivity contribution in [1.82, 2.24) is 0 Å². The van der Waals surface area contributed by atoms with Gasteiger partial charge < -0.3 is 0 Å². The van der Waals surface area contributed by atoms with Crippen molar-refractivity contribution < 1.29 is 0 Å². The minimum Gasteiger partial charge on any atom is -0.0622 e. The number of hydrogen-bond donors (Lipinski definition) is 0. The second kappa shape index (κ2) is 12.0. The number of benzene rings is 7. The molecule has 47 heavy (non-hydrogen) atoms. The number of fused-ring (bicyclic) bond motifs is 1. The molecule has 1 heteroatoms. The van der Waals surface area contributed by atoms with Gasteiger partial charge in [0, 0.05) is 0 Å². The summed E-state index contributed by atoms with van der Waals surface area (Å²) in [4.78, 5) is 0. The molecule has 0 unspecified atom stereocenters. The van der Waals surface area contributed by atoms with Crippen molar-refractivity contribution in [1.29, 1.82) is 0 Å². The highest BCUT2D eigenvalue weighted by Crippen LogP contribution is 2.45. The van der Waals surface area contributed by atoms with Crippen LogP contribution in [-0.4, -0.2) is 8.07 Å². The van der Waals surface area contributed by atoms with Gasteiger partial charge in [0.25, 0.3) is 0 Å². The Kier molecular flexibility index (Phi) is 7.40. The second-order valence-corrected chi connectivity index (χ2v) is 17.2. The van der Waals surface area contributed by atoms with E-state index in [1.54, 1.807) is 0 Å². The average Bonchev–Trinajstić information content (AvgIpc) is 3.39. The van der Waals surface area contributed by atoms with E-state index < -0.39 is 8.07 Å². The highest BCUT2D eigenvalue weighted by atomic mass is 28.3. The summed E-state index contributed by atoms with van der Waals surface area (Å²) in [5.74, 6) is 0. The van der Waals surface area contributed by atoms with E-state index in [1.165, 1.54) is 77.2 Å². The highest BCUT2D eigenvalue weighted by Gasteiger charge is 2.42. The lowest BCUT2D eigenvalue weighted by molar-refractivity contribution is 1.55. The molecule has 0 spiro atoms. The molecular formula is C46H36Si. The van der Waals surface area contributed by atoms with Crippen molar-refractivity contribution >= 4 is 24.0 Å². The first kappa shape index (κ1) is 28.9. The van der Waals surface area contributed by atoms with E-state index in [9.17, 15) is 0 Å². The van der Waals surface area contributed by atoms with E-state index in [1.807, 2.05) is 0 Å². The lowest BCUT2D eigenvalue weighted by Gasteiger charge is -2.25. The molecule has 1 aliphatic rings. The fraction of sp³-hybridized carbons (Fsp3) is 0.0435. The molecule has 224 valence electrons. The molecule has 0 nitrogen and oxygen atoms in total. The zero-order chi connectivity index (χ0) is 31.8. The van der Waals surface area contributed by atoms with Gasteiger partial charge in [-0.3, -0.25) is 0 Å². The van der Waals surface area contributed by atoms with E-state index in [-0.39, 0.29) is 0 Å². The molecule has 7 aromatic carbocycles. The van der Waals surface area contributed by atoms with Gasteiger partial charge in [-0.15, -0.1) is 0 Å². The van der Waals surface area contributed by atoms with Gasteiger partial charge in [-0.1, -0.05) is 171 Å². The van der Waals surface area contributed by atoms with Crippen LogP contribution in [0, 0.1) is 0 Å². The van der Waals surface area contributed by atoms with Crippen LogP contribution in [0.25, 0.3) is 55.3 Å². The zero-order valence-electron chi connectivity index (χ0n) is 26.8. The molecule has 0 N–H and O–H groups in total. The quantitative estimate of drug-likeness (QED) is 0.163. The Hall–Kier alpha value is -5.50. The lowest BCUT2D eigenvalue weighted by Crippen LogP contribution is -2.42. The van der Waals surface area contributed by atoms with Gasteiger partial charge in [0.2, 0.25) is 0 Å². The van der Waals surface area contributed by atoms with E-state index in [0.29, 0.717) is 0 Å². The van der Waals surface area contributed by atoms with Gasteiger partial charge in [-0.2, -0.15) is 0 Å². The maximum Gasteiger partial charge on any atom is 0.115 e. The molecule has 7 aromatic rings. The fourth-order valence-corrected chi connectivity index (χ4v) is 11.3. The lowest BCUT2D eigenvalue weighted by atomic mass is 9.91. The number of rotatable bonds is 6. The van der Waals surface area contributed by atoms with Crippen LogP contribution in [0.4, 0.5) is 0 Å². The summed E-state index contributed by atoms with van der Waals surface area (Å²) in [6.45, 7) is 5.07. The van der Waals surface area contributed by atoms with Gasteiger partial charge in [-0.05, 0) is 101 Å². The maximum absolute atomic E-state index is 2.53. The molecule has 1 aliphatic heterocycles. The monoisotopic (exact) mass is 616 g/mol. The summed E-state index contributed by atoms with van der Waals surface area (Å²) in [5, 5.41) is 3.05. The van der Waals surface area contributed by atoms with Crippen LogP contribution >= 0.6 is 0 Å². The van der Waals surface area contributed by atoms with E-state index in [0.717, 1.165) is 0 Å². The largest absolute Gasteiger partial charge is 0.115 e. The predicted molar refractivity (Wildman–Crippen MR) is 204 cm³/mol. The van der Waals surface area contributed by atoms with Crippen LogP contribution in [-0.2, 0) is 0 Å². The molecule has 0 aromatic heterocycles. The van der Waals surface area contributed by atoms with Crippen LogP contribution < -0.4 is 5.19 Å². The Bertz CT molecular complexity index is 2170. The molecule has 0 saturated heterocycles. The standard InChI is InChI=1S/C46H36Si/c1-47(2)45(36-23-13-6-14-24-36)44(35-21-11-5-12-22-35)43-28-16-27-42(46(43)47)38-26-15-25-37(29-38)41-31-39(33-17-7-3-8-18-33)30-40(32-41)34-19-9-4-10-20-34/h3-32H,1-2H3. The minimum atomic E-state index is -2.13. The maximum atomic E-state index is 2.53. The number of hydrogen-bond acceptors (Lipinski definition) is 0. The van der Waals surface area contributed by atoms with Gasteiger partial charge >= 0.3 is 0 Å². The van der Waals surface area contributed by atoms with Gasteiger partial charge in [0.05, 0.1) is 0 Å². The van der Waals surface area contributed by atoms with Crippen molar-refractivity contribution in [3.63, 3.8) is 0 Å². The van der Waals surface area contributed by atoms with Crippen molar-refractivity contribution in [3.05, 3.63) is 199 Å². The third-order valence-corrected chi connectivity index (χ3v) is 13.2. The first-order chi connectivity index (χ1) is 23.1. The van der Waals surface area contributed by atoms with Crippen LogP contribution in [0.2, 0.25) is 13.1 Å². The summed E-state index contributed by atoms with van der Waals surface area (Å²) in [6, 6.07) is 66.7. The van der Waals surface area contributed by atoms with Crippen molar-refractivity contribution in [2.45, 2.75) is 13.1 Å². The first-order valence-electron chi connectivity index (χ1n) is 16.4. The molecule has 0 bridgehead atoms. The van der Waals surface area contributed by atoms with E-state index in [2.05, 4.69) is 195 Å². The normalized spacial score (nSPS) is 13.4. The Morgan fingerprint density at radius 1 is 0.298 bits per heavy atom. The second-order valence-electron chi connectivity index (χ2n) is 12.9. The molecule has 0 radical (unpaired) electrons. The molecule has 0 amide bonds. The average molecular weight is 617 g/mol. The third kappa shape index (κ3) is 5.29. The van der Waals surface area contributed by atoms with Crippen LogP contribution in [0.15, 0.2) is 182 Å². The summed E-state index contributed by atoms with van der Waals surface area (Å²) in [7, 11) is -2.13. The Morgan fingerprint density at radius 2 is 0.681 bits per heavy atom. The third-order valence-electron chi connectivity index (χ3n) is 9.61. The smallest absolute Gasteiger partial charge is 0.0622 e. The van der Waals surface area contributed by atoms with Gasteiger partial charge in [0.15, 0.2) is 0 Å². The molecule has 0 aliphatic carbocycles. The summed E-state index contributed by atoms with van der Waals surface area (Å²) in [6.07, 6.45) is 0. The van der Waals surface area contributed by atoms with Crippen LogP contribution in [0.5, 0.6) is 0 Å². The summed E-state index contributed by atoms with van der Waals surface area (Å²) in [5.41, 5.74) is 15.4. The zero-order valence-corrected chi connectivity index (χ0v) is 27.8. The summed E-state index contributed by atoms with van der Waals surface area (Å²) < 4.78 is 0. The Morgan fingerprint density at radius 3 is 1.23 bits per heavy atom. The van der Waals surface area contributed by atoms with E-state index in [4.69, 9.17) is 0 Å². The predicted octanol–water partition coefficient (Wildman–Crippen LogP) is 11.8. The van der Waals surface area contributed by atoms with Crippen molar-refractivity contribution in [2.75, 3.05) is 0 Å². The fourth-order valence-electron chi connectivity index (χ4n) is 7.52.